The number of benzene rings is 1. The Morgan fingerprint density at radius 2 is 2.31 bits per heavy atom. The molecule has 0 aliphatic rings. The third kappa shape index (κ3) is 2.49. The molecule has 0 aliphatic carbocycles. The van der Waals surface area contributed by atoms with Crippen molar-refractivity contribution in [3.05, 3.63) is 34.1 Å². The van der Waals surface area contributed by atoms with Crippen LogP contribution in [0.25, 0.3) is 0 Å². The zero-order valence-electron chi connectivity index (χ0n) is 7.18. The molecular formula is C9H11BrFO2+. The van der Waals surface area contributed by atoms with E-state index in [0.29, 0.717) is 4.47 Å². The maximum absolute atomic E-state index is 12.8. The summed E-state index contributed by atoms with van der Waals surface area (Å²) in [5, 5.41) is 7.19. The van der Waals surface area contributed by atoms with Gasteiger partial charge >= 0.3 is 0 Å². The van der Waals surface area contributed by atoms with Crippen LogP contribution >= 0.6 is 15.9 Å². The molecule has 0 amide bonds. The molecule has 0 fully saturated rings. The zero-order chi connectivity index (χ0) is 9.84. The monoisotopic (exact) mass is 249 g/mol. The van der Waals surface area contributed by atoms with Crippen molar-refractivity contribution in [3.8, 4) is 0 Å². The first-order valence-electron chi connectivity index (χ1n) is 3.81. The number of hydrogen-bond donors (Lipinski definition) is 0. The van der Waals surface area contributed by atoms with Crippen LogP contribution in [0.2, 0.25) is 0 Å². The Morgan fingerprint density at radius 3 is 2.77 bits per heavy atom. The molecule has 72 valence electrons. The topological polar surface area (TPSA) is 32.1 Å². The third-order valence-electron chi connectivity index (χ3n) is 1.79. The Hall–Kier alpha value is -0.450. The fraction of sp³-hybridized carbons (Fsp3) is 0.333. The van der Waals surface area contributed by atoms with Gasteiger partial charge in [-0.3, -0.25) is 0 Å². The second-order valence-corrected chi connectivity index (χ2v) is 3.46. The molecule has 1 aromatic carbocycles. The van der Waals surface area contributed by atoms with Gasteiger partial charge in [0, 0.05) is 7.11 Å². The van der Waals surface area contributed by atoms with Crippen LogP contribution in [0.15, 0.2) is 22.7 Å². The van der Waals surface area contributed by atoms with Crippen LogP contribution in [0.5, 0.6) is 0 Å². The summed E-state index contributed by atoms with van der Waals surface area (Å²) >= 11 is 3.08. The van der Waals surface area contributed by atoms with E-state index in [9.17, 15) is 4.39 Å². The number of hydrogen-bond acceptors (Lipinski definition) is 1. The van der Waals surface area contributed by atoms with Crippen molar-refractivity contribution in [2.24, 2.45) is 0 Å². The Labute approximate surface area is 84.5 Å². The van der Waals surface area contributed by atoms with Crippen LogP contribution in [0.4, 0.5) is 4.39 Å². The van der Waals surface area contributed by atoms with E-state index in [4.69, 9.17) is 9.84 Å². The molecule has 4 heteroatoms. The molecule has 2 N–H and O–H groups in total. The quantitative estimate of drug-likeness (QED) is 0.755. The van der Waals surface area contributed by atoms with E-state index < -0.39 is 0 Å². The van der Waals surface area contributed by atoms with E-state index >= 15 is 0 Å². The van der Waals surface area contributed by atoms with Crippen molar-refractivity contribution < 1.29 is 14.2 Å². The molecule has 1 rings (SSSR count). The summed E-state index contributed by atoms with van der Waals surface area (Å²) in [6, 6.07) is 4.63. The van der Waals surface area contributed by atoms with Gasteiger partial charge in [-0.1, -0.05) is 6.07 Å². The van der Waals surface area contributed by atoms with Crippen molar-refractivity contribution in [2.45, 2.75) is 6.10 Å². The van der Waals surface area contributed by atoms with Crippen LogP contribution < -0.4 is 0 Å². The van der Waals surface area contributed by atoms with Crippen LogP contribution in [0, 0.1) is 5.82 Å². The van der Waals surface area contributed by atoms with Crippen molar-refractivity contribution in [1.29, 1.82) is 0 Å². The highest BCUT2D eigenvalue weighted by molar-refractivity contribution is 9.10. The van der Waals surface area contributed by atoms with Gasteiger partial charge in [-0.15, -0.1) is 0 Å². The van der Waals surface area contributed by atoms with Gasteiger partial charge < -0.3 is 9.84 Å². The molecule has 0 radical (unpaired) electrons. The molecule has 0 aliphatic heterocycles. The zero-order valence-corrected chi connectivity index (χ0v) is 8.77. The standard InChI is InChI=1S/C9H10BrFO2/c1-13-9(5-12)6-2-3-8(11)7(10)4-6/h2-4,9,12H,5H2,1H3/p+1. The number of ether oxygens (including phenoxy) is 1. The fourth-order valence-electron chi connectivity index (χ4n) is 1.05. The highest BCUT2D eigenvalue weighted by Crippen LogP contribution is 2.22. The molecule has 0 spiro atoms. The molecule has 1 atom stereocenters. The van der Waals surface area contributed by atoms with Crippen molar-refractivity contribution in [3.63, 3.8) is 0 Å². The number of halogens is 2. The van der Waals surface area contributed by atoms with Crippen molar-refractivity contribution in [2.75, 3.05) is 13.7 Å². The van der Waals surface area contributed by atoms with Crippen LogP contribution in [-0.4, -0.2) is 18.8 Å². The van der Waals surface area contributed by atoms with Crippen molar-refractivity contribution in [1.82, 2.24) is 0 Å². The molecule has 0 bridgehead atoms. The lowest BCUT2D eigenvalue weighted by molar-refractivity contribution is 0.0483. The maximum Gasteiger partial charge on any atom is 0.174 e. The smallest absolute Gasteiger partial charge is 0.174 e. The first-order valence-corrected chi connectivity index (χ1v) is 4.60. The highest BCUT2D eigenvalue weighted by Gasteiger charge is 2.12. The second kappa shape index (κ2) is 4.69. The van der Waals surface area contributed by atoms with Gasteiger partial charge in [0.15, 0.2) is 12.7 Å². The van der Waals surface area contributed by atoms with Gasteiger partial charge in [-0.2, -0.15) is 0 Å². The second-order valence-electron chi connectivity index (χ2n) is 2.60. The predicted octanol–water partition coefficient (Wildman–Crippen LogP) is 2.00. The maximum atomic E-state index is 12.8. The summed E-state index contributed by atoms with van der Waals surface area (Å²) in [4.78, 5) is 0. The Morgan fingerprint density at radius 1 is 1.62 bits per heavy atom. The number of rotatable bonds is 3. The molecule has 0 saturated carbocycles. The van der Waals surface area contributed by atoms with E-state index in [1.54, 1.807) is 12.1 Å². The molecule has 0 aromatic heterocycles. The summed E-state index contributed by atoms with van der Waals surface area (Å²) in [7, 11) is 1.54. The highest BCUT2D eigenvalue weighted by atomic mass is 79.9. The first kappa shape index (κ1) is 10.6. The minimum atomic E-state index is -0.302. The van der Waals surface area contributed by atoms with Crippen LogP contribution in [0.3, 0.4) is 0 Å². The SMILES string of the molecule is COC(C[OH2+])c1ccc(F)c(Br)c1. The van der Waals surface area contributed by atoms with E-state index in [2.05, 4.69) is 15.9 Å². The number of methoxy groups -OCH3 is 1. The average molecular weight is 250 g/mol. The summed E-state index contributed by atoms with van der Waals surface area (Å²) in [6.07, 6.45) is -0.281. The molecule has 1 aromatic rings. The molecule has 0 heterocycles. The Balaban J connectivity index is 2.95. The summed E-state index contributed by atoms with van der Waals surface area (Å²) in [5.41, 5.74) is 0.811. The minimum Gasteiger partial charge on any atom is -0.443 e. The van der Waals surface area contributed by atoms with Gasteiger partial charge in [-0.05, 0) is 33.6 Å². The molecule has 0 saturated heterocycles. The first-order chi connectivity index (χ1) is 6.19. The van der Waals surface area contributed by atoms with E-state index in [1.165, 1.54) is 13.2 Å². The summed E-state index contributed by atoms with van der Waals surface area (Å²) in [6.45, 7) is 0.134. The summed E-state index contributed by atoms with van der Waals surface area (Å²) < 4.78 is 18.3. The largest absolute Gasteiger partial charge is 0.443 e. The predicted molar refractivity (Wildman–Crippen MR) is 52.3 cm³/mol. The minimum absolute atomic E-state index is 0.134. The van der Waals surface area contributed by atoms with Crippen molar-refractivity contribution >= 4 is 15.9 Å². The van der Waals surface area contributed by atoms with Gasteiger partial charge in [0.2, 0.25) is 0 Å². The van der Waals surface area contributed by atoms with E-state index in [1.807, 2.05) is 0 Å². The fourth-order valence-corrected chi connectivity index (χ4v) is 1.45. The normalized spacial score (nSPS) is 12.9. The van der Waals surface area contributed by atoms with E-state index in [-0.39, 0.29) is 18.5 Å². The third-order valence-corrected chi connectivity index (χ3v) is 2.39. The molecule has 1 unspecified atom stereocenters. The van der Waals surface area contributed by atoms with Crippen LogP contribution in [-0.2, 0) is 4.74 Å². The van der Waals surface area contributed by atoms with Gasteiger partial charge in [0.1, 0.15) is 5.82 Å². The lowest BCUT2D eigenvalue weighted by atomic mass is 10.1. The lowest BCUT2D eigenvalue weighted by Crippen LogP contribution is -2.06. The molecule has 2 nitrogen and oxygen atoms in total. The molecular weight excluding hydrogens is 239 g/mol. The average Bonchev–Trinajstić information content (AvgIpc) is 2.13. The van der Waals surface area contributed by atoms with Gasteiger partial charge in [0.05, 0.1) is 4.47 Å². The Kier molecular flexibility index (Phi) is 3.84. The van der Waals surface area contributed by atoms with Gasteiger partial charge in [0.25, 0.3) is 0 Å². The van der Waals surface area contributed by atoms with E-state index in [0.717, 1.165) is 5.56 Å². The van der Waals surface area contributed by atoms with Crippen LogP contribution in [0.1, 0.15) is 11.7 Å². The lowest BCUT2D eigenvalue weighted by Gasteiger charge is -2.10. The summed E-state index contributed by atoms with van der Waals surface area (Å²) in [5.74, 6) is -0.302. The molecule has 13 heavy (non-hydrogen) atoms. The Bertz CT molecular complexity index is 287. The van der Waals surface area contributed by atoms with Gasteiger partial charge in [-0.25, -0.2) is 4.39 Å².